The zero-order valence-corrected chi connectivity index (χ0v) is 19.2. The van der Waals surface area contributed by atoms with Crippen LogP contribution in [-0.2, 0) is 4.79 Å². The average Bonchev–Trinajstić information content (AvgIpc) is 3.61. The van der Waals surface area contributed by atoms with Crippen LogP contribution in [0.4, 0.5) is 32.2 Å². The molecule has 2 aliphatic rings. The number of aliphatic hydroxyl groups excluding tert-OH is 1. The number of anilines is 1. The van der Waals surface area contributed by atoms with Crippen LogP contribution in [0.2, 0.25) is 0 Å². The van der Waals surface area contributed by atoms with Crippen molar-refractivity contribution in [1.29, 1.82) is 0 Å². The van der Waals surface area contributed by atoms with E-state index in [4.69, 9.17) is 0 Å². The van der Waals surface area contributed by atoms with E-state index in [1.807, 2.05) is 0 Å². The molecular weight excluding hydrogens is 522 g/mol. The van der Waals surface area contributed by atoms with Crippen LogP contribution in [-0.4, -0.2) is 57.8 Å². The lowest BCUT2D eigenvalue weighted by molar-refractivity contribution is -0.158. The van der Waals surface area contributed by atoms with E-state index in [9.17, 15) is 45.8 Å². The first-order chi connectivity index (χ1) is 17.8. The number of carbonyl (C=O) groups is 2. The van der Waals surface area contributed by atoms with Gasteiger partial charge in [-0.3, -0.25) is 19.0 Å². The molecule has 1 amide bonds. The highest BCUT2D eigenvalue weighted by Gasteiger charge is 2.50. The Hall–Kier alpha value is -3.94. The predicted molar refractivity (Wildman–Crippen MR) is 120 cm³/mol. The highest BCUT2D eigenvalue weighted by molar-refractivity contribution is 5.98. The summed E-state index contributed by atoms with van der Waals surface area (Å²) in [6.45, 7) is -0.398. The topological polar surface area (TPSA) is 105 Å². The number of benzene rings is 1. The summed E-state index contributed by atoms with van der Waals surface area (Å²) in [5, 5.41) is 11.2. The smallest absolute Gasteiger partial charge is 0.383 e. The quantitative estimate of drug-likeness (QED) is 0.483. The van der Waals surface area contributed by atoms with Gasteiger partial charge in [0.25, 0.3) is 5.91 Å². The minimum Gasteiger partial charge on any atom is -0.383 e. The largest absolute Gasteiger partial charge is 0.408 e. The van der Waals surface area contributed by atoms with Gasteiger partial charge in [0.05, 0.1) is 18.5 Å². The summed E-state index contributed by atoms with van der Waals surface area (Å²) in [6.07, 6.45) is -5.02. The highest BCUT2D eigenvalue weighted by atomic mass is 19.4. The van der Waals surface area contributed by atoms with Gasteiger partial charge in [0, 0.05) is 18.3 Å². The Morgan fingerprint density at radius 1 is 1.11 bits per heavy atom. The standard InChI is InChI=1S/C24H18F6N4O4/c25-11-5-14(26)19(15(27)6-11)34-7-13(23(38)32-21(10-1-2-10)24(28,29)30)20(37)12-3-4-18(31-22(12)34)33-8-16(35)17(36)9-33/h3-7,10,16,21,35H,1-2,8-9H2,(H,32,38)/t16-,21-/m0/s1. The number of pyridine rings is 2. The van der Waals surface area contributed by atoms with Crippen LogP contribution in [0, 0.1) is 23.4 Å². The van der Waals surface area contributed by atoms with Crippen molar-refractivity contribution >= 4 is 28.5 Å². The van der Waals surface area contributed by atoms with Crippen molar-refractivity contribution in [3.8, 4) is 5.69 Å². The lowest BCUT2D eigenvalue weighted by Gasteiger charge is -2.22. The first-order valence-electron chi connectivity index (χ1n) is 11.4. The minimum absolute atomic E-state index is 0.0292. The average molecular weight is 540 g/mol. The molecule has 1 saturated carbocycles. The van der Waals surface area contributed by atoms with Crippen LogP contribution >= 0.6 is 0 Å². The first kappa shape index (κ1) is 25.7. The van der Waals surface area contributed by atoms with Gasteiger partial charge in [-0.05, 0) is 30.9 Å². The molecule has 3 heterocycles. The molecule has 1 saturated heterocycles. The molecule has 2 atom stereocenters. The molecule has 1 aromatic carbocycles. The van der Waals surface area contributed by atoms with Crippen LogP contribution in [0.3, 0.4) is 0 Å². The maximum Gasteiger partial charge on any atom is 0.408 e. The van der Waals surface area contributed by atoms with Crippen molar-refractivity contribution in [2.75, 3.05) is 18.0 Å². The molecule has 0 radical (unpaired) electrons. The molecule has 38 heavy (non-hydrogen) atoms. The fourth-order valence-electron chi connectivity index (χ4n) is 4.42. The van der Waals surface area contributed by atoms with Gasteiger partial charge in [0.2, 0.25) is 5.43 Å². The summed E-state index contributed by atoms with van der Waals surface area (Å²) in [7, 11) is 0. The third-order valence-corrected chi connectivity index (χ3v) is 6.47. The van der Waals surface area contributed by atoms with Crippen molar-refractivity contribution in [3.63, 3.8) is 0 Å². The van der Waals surface area contributed by atoms with E-state index in [1.165, 1.54) is 11.0 Å². The van der Waals surface area contributed by atoms with Gasteiger partial charge in [-0.1, -0.05) is 0 Å². The van der Waals surface area contributed by atoms with Gasteiger partial charge in [-0.25, -0.2) is 18.2 Å². The number of halogens is 6. The van der Waals surface area contributed by atoms with Gasteiger partial charge < -0.3 is 15.3 Å². The van der Waals surface area contributed by atoms with E-state index in [2.05, 4.69) is 4.98 Å². The van der Waals surface area contributed by atoms with Crippen LogP contribution in [0.5, 0.6) is 0 Å². The third kappa shape index (κ3) is 4.59. The Morgan fingerprint density at radius 2 is 1.76 bits per heavy atom. The molecule has 14 heteroatoms. The molecular formula is C24H18F6N4O4. The minimum atomic E-state index is -4.80. The third-order valence-electron chi connectivity index (χ3n) is 6.47. The summed E-state index contributed by atoms with van der Waals surface area (Å²) in [5.74, 6) is -6.91. The number of nitrogens with zero attached hydrogens (tertiary/aromatic N) is 3. The summed E-state index contributed by atoms with van der Waals surface area (Å²) in [4.78, 5) is 43.4. The van der Waals surface area contributed by atoms with Crippen LogP contribution in [0.1, 0.15) is 23.2 Å². The molecule has 5 rings (SSSR count). The van der Waals surface area contributed by atoms with E-state index in [1.54, 1.807) is 5.32 Å². The van der Waals surface area contributed by atoms with Crippen molar-refractivity contribution in [3.05, 3.63) is 63.7 Å². The molecule has 8 nitrogen and oxygen atoms in total. The van der Waals surface area contributed by atoms with Crippen molar-refractivity contribution < 1.29 is 41.0 Å². The van der Waals surface area contributed by atoms with E-state index in [-0.39, 0.29) is 37.1 Å². The molecule has 200 valence electrons. The number of carbonyl (C=O) groups excluding carboxylic acids is 2. The van der Waals surface area contributed by atoms with E-state index in [0.29, 0.717) is 22.9 Å². The fourth-order valence-corrected chi connectivity index (χ4v) is 4.42. The Labute approximate surface area is 209 Å². The number of aromatic nitrogens is 2. The second kappa shape index (κ2) is 9.11. The number of alkyl halides is 3. The molecule has 2 aromatic heterocycles. The summed E-state index contributed by atoms with van der Waals surface area (Å²) >= 11 is 0. The highest BCUT2D eigenvalue weighted by Crippen LogP contribution is 2.40. The number of rotatable bonds is 5. The number of Topliss-reactive ketones (excluding diaryl/α,β-unsaturated/α-hetero) is 1. The fraction of sp³-hybridized carbons (Fsp3) is 0.333. The SMILES string of the molecule is O=C(N[C@@H](C1CC1)C(F)(F)F)c1cn(-c2c(F)cc(F)cc2F)c2nc(N3CC(=O)[C@@H](O)C3)ccc2c1=O. The molecule has 1 aliphatic carbocycles. The Morgan fingerprint density at radius 3 is 2.32 bits per heavy atom. The lowest BCUT2D eigenvalue weighted by Crippen LogP contribution is -2.48. The molecule has 3 aromatic rings. The number of ketones is 1. The summed E-state index contributed by atoms with van der Waals surface area (Å²) in [6, 6.07) is 0.838. The number of β-amino-alcohol motifs (C(OH)–C–C–N with tert-alkyl or cyclic N) is 1. The van der Waals surface area contributed by atoms with E-state index < -0.39 is 75.7 Å². The lowest BCUT2D eigenvalue weighted by atomic mass is 10.1. The van der Waals surface area contributed by atoms with Crippen LogP contribution < -0.4 is 15.6 Å². The zero-order valence-electron chi connectivity index (χ0n) is 19.2. The molecule has 2 N–H and O–H groups in total. The maximum atomic E-state index is 14.8. The Kier molecular flexibility index (Phi) is 6.16. The van der Waals surface area contributed by atoms with Crippen molar-refractivity contribution in [1.82, 2.24) is 14.9 Å². The van der Waals surface area contributed by atoms with Crippen molar-refractivity contribution in [2.45, 2.75) is 31.2 Å². The first-order valence-corrected chi connectivity index (χ1v) is 11.4. The molecule has 0 bridgehead atoms. The second-order valence-corrected chi connectivity index (χ2v) is 9.19. The number of fused-ring (bicyclic) bond motifs is 1. The summed E-state index contributed by atoms with van der Waals surface area (Å²) < 4.78 is 84.3. The number of amides is 1. The molecule has 0 spiro atoms. The van der Waals surface area contributed by atoms with Gasteiger partial charge in [0.1, 0.15) is 35.0 Å². The monoisotopic (exact) mass is 540 g/mol. The van der Waals surface area contributed by atoms with Crippen LogP contribution in [0.25, 0.3) is 16.7 Å². The number of hydrogen-bond acceptors (Lipinski definition) is 6. The van der Waals surface area contributed by atoms with Crippen LogP contribution in [0.15, 0.2) is 35.3 Å². The normalized spacial score (nSPS) is 18.8. The summed E-state index contributed by atoms with van der Waals surface area (Å²) in [5.41, 5.74) is -3.28. The predicted octanol–water partition coefficient (Wildman–Crippen LogP) is 2.62. The zero-order chi connectivity index (χ0) is 27.5. The molecule has 1 aliphatic heterocycles. The Balaban J connectivity index is 1.69. The van der Waals surface area contributed by atoms with Crippen molar-refractivity contribution in [2.24, 2.45) is 5.92 Å². The maximum absolute atomic E-state index is 14.8. The van der Waals surface area contributed by atoms with E-state index >= 15 is 0 Å². The second-order valence-electron chi connectivity index (χ2n) is 9.19. The Bertz CT molecular complexity index is 1510. The number of aliphatic hydroxyl groups is 1. The van der Waals surface area contributed by atoms with Gasteiger partial charge in [-0.2, -0.15) is 13.2 Å². The van der Waals surface area contributed by atoms with Gasteiger partial charge in [-0.15, -0.1) is 0 Å². The van der Waals surface area contributed by atoms with Gasteiger partial charge in [0.15, 0.2) is 23.1 Å². The molecule has 2 fully saturated rings. The van der Waals surface area contributed by atoms with Gasteiger partial charge >= 0.3 is 6.18 Å². The number of nitrogens with one attached hydrogen (secondary N) is 1. The molecule has 0 unspecified atom stereocenters. The number of hydrogen-bond donors (Lipinski definition) is 2. The van der Waals surface area contributed by atoms with E-state index in [0.717, 1.165) is 6.07 Å².